The Labute approximate surface area is 232 Å². The molecule has 0 fully saturated rings. The molecule has 1 atom stereocenters. The molecule has 0 aliphatic carbocycles. The molecule has 11 heteroatoms. The smallest absolute Gasteiger partial charge is 0.301 e. The Morgan fingerprint density at radius 3 is 2.28 bits per heavy atom. The molecule has 1 amide bonds. The number of nitrogens with one attached hydrogen (secondary N) is 1. The lowest BCUT2D eigenvalue weighted by molar-refractivity contribution is -0.116. The van der Waals surface area contributed by atoms with E-state index in [2.05, 4.69) is 50.6 Å². The molecule has 1 unspecified atom stereocenters. The van der Waals surface area contributed by atoms with Gasteiger partial charge in [0.2, 0.25) is 0 Å². The van der Waals surface area contributed by atoms with Crippen molar-refractivity contribution in [1.82, 2.24) is 4.72 Å². The standard InChI is InChI=1S/C25H35IN2O6S2/c1-8-25(9-2,21-13-17(4)23(35-21)36(31,32)27-14-22(29)28-30)18-10-11-19(16(3)12-18)33-15-20(34-26)24(5,6)7/h10-13,20,27H,8-9,14-15H2,1-7H3. The van der Waals surface area contributed by atoms with Gasteiger partial charge >= 0.3 is 5.91 Å². The number of carbonyl (C=O) groups excluding carboxylic acids is 1. The van der Waals surface area contributed by atoms with Crippen molar-refractivity contribution in [1.29, 1.82) is 0 Å². The monoisotopic (exact) mass is 650 g/mol. The molecule has 2 aromatic rings. The van der Waals surface area contributed by atoms with Crippen molar-refractivity contribution in [3.05, 3.63) is 50.7 Å². The average molecular weight is 651 g/mol. The van der Waals surface area contributed by atoms with Crippen LogP contribution in [0.15, 0.2) is 33.7 Å². The highest BCUT2D eigenvalue weighted by Crippen LogP contribution is 2.45. The quantitative estimate of drug-likeness (QED) is 0.216. The molecule has 1 aromatic carbocycles. The maximum atomic E-state index is 12.8. The Kier molecular flexibility index (Phi) is 10.6. The third kappa shape index (κ3) is 6.91. The van der Waals surface area contributed by atoms with E-state index in [1.165, 1.54) is 11.3 Å². The predicted molar refractivity (Wildman–Crippen MR) is 151 cm³/mol. The minimum Gasteiger partial charge on any atom is -0.491 e. The van der Waals surface area contributed by atoms with E-state index in [1.54, 1.807) is 6.92 Å². The second-order valence-electron chi connectivity index (χ2n) is 9.91. The van der Waals surface area contributed by atoms with Gasteiger partial charge in [-0.3, -0.25) is 4.79 Å². The Balaban J connectivity index is 2.41. The fourth-order valence-electron chi connectivity index (χ4n) is 4.06. The van der Waals surface area contributed by atoms with E-state index in [0.717, 1.165) is 34.6 Å². The van der Waals surface area contributed by atoms with Gasteiger partial charge < -0.3 is 7.80 Å². The summed E-state index contributed by atoms with van der Waals surface area (Å²) in [5, 5.41) is 2.24. The van der Waals surface area contributed by atoms with Gasteiger partial charge in [-0.05, 0) is 60.9 Å². The van der Waals surface area contributed by atoms with Gasteiger partial charge in [0.25, 0.3) is 10.0 Å². The summed E-state index contributed by atoms with van der Waals surface area (Å²) in [6, 6.07) is 8.02. The van der Waals surface area contributed by atoms with Crippen molar-refractivity contribution in [3.8, 4) is 5.75 Å². The minimum atomic E-state index is -3.96. The SMILES string of the molecule is CCC(CC)(c1ccc(OCC(OI)C(C)(C)C)c(C)c1)c1cc(C)c(S(=O)(=O)NCC(=O)N=O)s1. The molecular weight excluding hydrogens is 615 g/mol. The van der Waals surface area contributed by atoms with Crippen LogP contribution >= 0.6 is 34.3 Å². The molecule has 0 aliphatic heterocycles. The number of hydrogen-bond acceptors (Lipinski definition) is 7. The van der Waals surface area contributed by atoms with Gasteiger partial charge in [-0.1, -0.05) is 46.8 Å². The van der Waals surface area contributed by atoms with Crippen molar-refractivity contribution in [2.24, 2.45) is 10.6 Å². The van der Waals surface area contributed by atoms with Crippen LogP contribution in [0.5, 0.6) is 5.75 Å². The van der Waals surface area contributed by atoms with Gasteiger partial charge in [0.05, 0.1) is 6.54 Å². The van der Waals surface area contributed by atoms with Crippen molar-refractivity contribution in [3.63, 3.8) is 0 Å². The van der Waals surface area contributed by atoms with Gasteiger partial charge in [-0.25, -0.2) is 13.1 Å². The number of carbonyl (C=O) groups is 1. The number of ether oxygens (including phenoxy) is 1. The average Bonchev–Trinajstić information content (AvgIpc) is 3.22. The van der Waals surface area contributed by atoms with Crippen LogP contribution in [0.25, 0.3) is 0 Å². The zero-order valence-corrected chi connectivity index (χ0v) is 25.6. The lowest BCUT2D eigenvalue weighted by Gasteiger charge is -2.32. The third-order valence-electron chi connectivity index (χ3n) is 6.50. The van der Waals surface area contributed by atoms with Crippen molar-refractivity contribution in [2.45, 2.75) is 77.0 Å². The van der Waals surface area contributed by atoms with Crippen LogP contribution in [0.2, 0.25) is 0 Å². The molecule has 8 nitrogen and oxygen atoms in total. The molecule has 0 saturated heterocycles. The normalized spacial score (nSPS) is 13.4. The van der Waals surface area contributed by atoms with E-state index in [0.29, 0.717) is 12.2 Å². The number of nitrogens with zero attached hydrogens (tertiary/aromatic N) is 1. The first kappa shape index (κ1) is 30.8. The first-order valence-corrected chi connectivity index (χ1v) is 14.9. The number of thiophene rings is 1. The zero-order valence-electron chi connectivity index (χ0n) is 21.8. The summed E-state index contributed by atoms with van der Waals surface area (Å²) in [6.45, 7) is 14.0. The van der Waals surface area contributed by atoms with Crippen LogP contribution in [-0.2, 0) is 23.3 Å². The summed E-state index contributed by atoms with van der Waals surface area (Å²) in [4.78, 5) is 22.5. The largest absolute Gasteiger partial charge is 0.491 e. The summed E-state index contributed by atoms with van der Waals surface area (Å²) in [5.41, 5.74) is 2.20. The highest BCUT2D eigenvalue weighted by molar-refractivity contribution is 14.1. The Morgan fingerprint density at radius 2 is 1.78 bits per heavy atom. The summed E-state index contributed by atoms with van der Waals surface area (Å²) in [6.07, 6.45) is 1.46. The van der Waals surface area contributed by atoms with E-state index >= 15 is 0 Å². The number of amides is 1. The fourth-order valence-corrected chi connectivity index (χ4v) is 8.03. The minimum absolute atomic E-state index is 0.0599. The summed E-state index contributed by atoms with van der Waals surface area (Å²) < 4.78 is 39.6. The summed E-state index contributed by atoms with van der Waals surface area (Å²) >= 11 is 3.10. The van der Waals surface area contributed by atoms with Gasteiger partial charge in [-0.2, -0.15) is 0 Å². The maximum Gasteiger partial charge on any atom is 0.301 e. The number of sulfonamides is 1. The molecule has 1 N–H and O–H groups in total. The Morgan fingerprint density at radius 1 is 1.14 bits per heavy atom. The Hall–Kier alpha value is -1.41. The van der Waals surface area contributed by atoms with Gasteiger partial charge in [-0.15, -0.1) is 16.2 Å². The van der Waals surface area contributed by atoms with E-state index in [4.69, 9.17) is 7.80 Å². The van der Waals surface area contributed by atoms with E-state index in [9.17, 15) is 18.1 Å². The lowest BCUT2D eigenvalue weighted by Crippen LogP contribution is -2.32. The van der Waals surface area contributed by atoms with Crippen LogP contribution in [0.3, 0.4) is 0 Å². The highest BCUT2D eigenvalue weighted by Gasteiger charge is 2.35. The molecule has 0 aliphatic rings. The molecule has 2 rings (SSSR count). The van der Waals surface area contributed by atoms with Crippen LogP contribution in [0.1, 0.15) is 69.0 Å². The van der Waals surface area contributed by atoms with Crippen LogP contribution in [0, 0.1) is 24.2 Å². The maximum absolute atomic E-state index is 12.8. The Bertz CT molecular complexity index is 1180. The van der Waals surface area contributed by atoms with E-state index in [-0.39, 0.29) is 15.7 Å². The van der Waals surface area contributed by atoms with Crippen LogP contribution in [0.4, 0.5) is 0 Å². The van der Waals surface area contributed by atoms with Crippen LogP contribution in [-0.4, -0.2) is 33.6 Å². The molecule has 0 bridgehead atoms. The molecule has 200 valence electrons. The summed E-state index contributed by atoms with van der Waals surface area (Å²) in [5.74, 6) is -0.285. The molecule has 0 saturated carbocycles. The van der Waals surface area contributed by atoms with E-state index < -0.39 is 27.9 Å². The predicted octanol–water partition coefficient (Wildman–Crippen LogP) is 6.20. The highest BCUT2D eigenvalue weighted by atomic mass is 127. The topological polar surface area (TPSA) is 111 Å². The number of halogens is 1. The molecule has 1 heterocycles. The molecular formula is C25H35IN2O6S2. The van der Waals surface area contributed by atoms with Crippen LogP contribution < -0.4 is 9.46 Å². The molecule has 0 radical (unpaired) electrons. The number of rotatable bonds is 12. The molecule has 1 aromatic heterocycles. The fraction of sp³-hybridized carbons (Fsp3) is 0.560. The van der Waals surface area contributed by atoms with Crippen molar-refractivity contribution < 1.29 is 21.0 Å². The lowest BCUT2D eigenvalue weighted by atomic mass is 9.74. The second kappa shape index (κ2) is 12.4. The first-order chi connectivity index (χ1) is 16.7. The van der Waals surface area contributed by atoms with Gasteiger partial charge in [0, 0.05) is 15.5 Å². The number of nitroso groups, excluding NO2 is 1. The van der Waals surface area contributed by atoms with Crippen molar-refractivity contribution >= 4 is 50.3 Å². The van der Waals surface area contributed by atoms with E-state index in [1.807, 2.05) is 48.1 Å². The van der Waals surface area contributed by atoms with Gasteiger partial charge in [0.15, 0.2) is 0 Å². The molecule has 36 heavy (non-hydrogen) atoms. The third-order valence-corrected chi connectivity index (χ3v) is 10.6. The van der Waals surface area contributed by atoms with Crippen molar-refractivity contribution in [2.75, 3.05) is 13.2 Å². The second-order valence-corrected chi connectivity index (χ2v) is 13.4. The zero-order chi connectivity index (χ0) is 27.3. The number of hydrogen-bond donors (Lipinski definition) is 1. The van der Waals surface area contributed by atoms with Gasteiger partial charge in [0.1, 0.15) is 45.7 Å². The number of aryl methyl sites for hydroxylation is 2. The number of benzene rings is 1. The first-order valence-electron chi connectivity index (χ1n) is 11.7. The summed E-state index contributed by atoms with van der Waals surface area (Å²) in [7, 11) is -3.96. The molecule has 0 spiro atoms.